The Morgan fingerprint density at radius 1 is 1.25 bits per heavy atom. The van der Waals surface area contributed by atoms with Gasteiger partial charge in [-0.2, -0.15) is 13.2 Å². The minimum absolute atomic E-state index is 0.0237. The number of aromatic nitrogens is 2. The SMILES string of the molecule is COC(=O)[C@]1(NC(=O)Cc2ccc3cc[nH]c3c2)CCN(c2cncc(C(F)(F)F)c2)C1. The predicted molar refractivity (Wildman–Crippen MR) is 111 cm³/mol. The lowest BCUT2D eigenvalue weighted by Crippen LogP contribution is -2.57. The zero-order valence-electron chi connectivity index (χ0n) is 17.2. The monoisotopic (exact) mass is 446 g/mol. The van der Waals surface area contributed by atoms with E-state index in [9.17, 15) is 22.8 Å². The maximum absolute atomic E-state index is 13.1. The lowest BCUT2D eigenvalue weighted by Gasteiger charge is -2.28. The van der Waals surface area contributed by atoms with Crippen LogP contribution in [-0.2, 0) is 26.9 Å². The summed E-state index contributed by atoms with van der Waals surface area (Å²) in [5.74, 6) is -1.03. The zero-order chi connectivity index (χ0) is 22.9. The number of rotatable bonds is 5. The Bertz CT molecular complexity index is 1160. The molecule has 1 atom stereocenters. The number of pyridine rings is 1. The number of ether oxygens (including phenoxy) is 1. The predicted octanol–water partition coefficient (Wildman–Crippen LogP) is 3.06. The third kappa shape index (κ3) is 4.25. The molecular weight excluding hydrogens is 425 g/mol. The van der Waals surface area contributed by atoms with Crippen molar-refractivity contribution in [1.29, 1.82) is 0 Å². The molecule has 0 unspecified atom stereocenters. The summed E-state index contributed by atoms with van der Waals surface area (Å²) in [6.45, 7) is 0.233. The van der Waals surface area contributed by atoms with Crippen LogP contribution in [0.25, 0.3) is 10.9 Å². The molecule has 2 aromatic heterocycles. The molecule has 10 heteroatoms. The minimum atomic E-state index is -4.53. The molecule has 1 saturated heterocycles. The number of amides is 1. The van der Waals surface area contributed by atoms with Crippen LogP contribution in [0.3, 0.4) is 0 Å². The van der Waals surface area contributed by atoms with Crippen LogP contribution in [0.15, 0.2) is 48.9 Å². The normalized spacial score (nSPS) is 18.7. The first-order valence-corrected chi connectivity index (χ1v) is 9.93. The number of esters is 1. The summed E-state index contributed by atoms with van der Waals surface area (Å²) < 4.78 is 44.1. The van der Waals surface area contributed by atoms with E-state index in [4.69, 9.17) is 4.74 Å². The number of carbonyl (C=O) groups is 2. The molecule has 0 saturated carbocycles. The summed E-state index contributed by atoms with van der Waals surface area (Å²) in [4.78, 5) is 33.7. The van der Waals surface area contributed by atoms with Crippen LogP contribution in [-0.4, -0.2) is 47.6 Å². The standard InChI is InChI=1S/C22H21F3N4O3/c1-32-20(31)21(28-19(30)9-14-2-3-15-4-6-27-18(15)8-14)5-7-29(13-21)17-10-16(11-26-12-17)22(23,24)25/h2-4,6,8,10-12,27H,5,7,9,13H2,1H3,(H,28,30)/t21-/m0/s1. The molecule has 0 radical (unpaired) electrons. The van der Waals surface area contributed by atoms with Crippen molar-refractivity contribution >= 4 is 28.5 Å². The fourth-order valence-electron chi connectivity index (χ4n) is 4.00. The van der Waals surface area contributed by atoms with E-state index < -0.39 is 23.2 Å². The number of H-pyrrole nitrogens is 1. The number of methoxy groups -OCH3 is 1. The van der Waals surface area contributed by atoms with E-state index in [-0.39, 0.29) is 37.5 Å². The van der Waals surface area contributed by atoms with Crippen LogP contribution < -0.4 is 10.2 Å². The molecular formula is C22H21F3N4O3. The fourth-order valence-corrected chi connectivity index (χ4v) is 4.00. The molecule has 0 aliphatic carbocycles. The van der Waals surface area contributed by atoms with Crippen LogP contribution in [0.1, 0.15) is 17.5 Å². The molecule has 1 aromatic carbocycles. The Labute approximate surface area is 181 Å². The van der Waals surface area contributed by atoms with Gasteiger partial charge in [-0.05, 0) is 29.1 Å². The molecule has 168 valence electrons. The number of aromatic amines is 1. The first kappa shape index (κ1) is 21.7. The van der Waals surface area contributed by atoms with Crippen molar-refractivity contribution in [2.45, 2.75) is 24.6 Å². The molecule has 2 N–H and O–H groups in total. The number of anilines is 1. The van der Waals surface area contributed by atoms with Gasteiger partial charge in [0.15, 0.2) is 5.54 Å². The minimum Gasteiger partial charge on any atom is -0.467 e. The molecule has 32 heavy (non-hydrogen) atoms. The summed E-state index contributed by atoms with van der Waals surface area (Å²) in [5, 5.41) is 3.79. The van der Waals surface area contributed by atoms with Gasteiger partial charge in [0.1, 0.15) is 0 Å². The van der Waals surface area contributed by atoms with Crippen molar-refractivity contribution < 1.29 is 27.5 Å². The summed E-state index contributed by atoms with van der Waals surface area (Å²) in [6.07, 6.45) is -0.449. The molecule has 1 fully saturated rings. The Hall–Kier alpha value is -3.56. The zero-order valence-corrected chi connectivity index (χ0v) is 17.2. The van der Waals surface area contributed by atoms with E-state index in [0.717, 1.165) is 28.7 Å². The van der Waals surface area contributed by atoms with Gasteiger partial charge in [0.05, 0.1) is 37.5 Å². The highest BCUT2D eigenvalue weighted by molar-refractivity contribution is 5.91. The Morgan fingerprint density at radius 3 is 2.81 bits per heavy atom. The maximum Gasteiger partial charge on any atom is 0.417 e. The van der Waals surface area contributed by atoms with Gasteiger partial charge in [0, 0.05) is 30.9 Å². The van der Waals surface area contributed by atoms with Gasteiger partial charge in [0.2, 0.25) is 5.91 Å². The van der Waals surface area contributed by atoms with Crippen LogP contribution in [0.5, 0.6) is 0 Å². The third-order valence-corrected chi connectivity index (χ3v) is 5.62. The Morgan fingerprint density at radius 2 is 2.06 bits per heavy atom. The van der Waals surface area contributed by atoms with Crippen LogP contribution in [0, 0.1) is 0 Å². The first-order chi connectivity index (χ1) is 15.2. The van der Waals surface area contributed by atoms with Gasteiger partial charge in [-0.1, -0.05) is 12.1 Å². The van der Waals surface area contributed by atoms with Crippen molar-refractivity contribution in [1.82, 2.24) is 15.3 Å². The summed E-state index contributed by atoms with van der Waals surface area (Å²) >= 11 is 0. The van der Waals surface area contributed by atoms with Crippen molar-refractivity contribution in [3.8, 4) is 0 Å². The molecule has 1 aliphatic rings. The van der Waals surface area contributed by atoms with Crippen LogP contribution in [0.4, 0.5) is 18.9 Å². The molecule has 1 aliphatic heterocycles. The molecule has 0 spiro atoms. The highest BCUT2D eigenvalue weighted by Crippen LogP contribution is 2.33. The number of halogens is 3. The van der Waals surface area contributed by atoms with Crippen LogP contribution >= 0.6 is 0 Å². The van der Waals surface area contributed by atoms with Gasteiger partial charge < -0.3 is 19.9 Å². The lowest BCUT2D eigenvalue weighted by molar-refractivity contribution is -0.150. The van der Waals surface area contributed by atoms with Gasteiger partial charge in [-0.3, -0.25) is 9.78 Å². The van der Waals surface area contributed by atoms with E-state index >= 15 is 0 Å². The highest BCUT2D eigenvalue weighted by Gasteiger charge is 2.47. The largest absolute Gasteiger partial charge is 0.467 e. The second-order valence-electron chi connectivity index (χ2n) is 7.80. The van der Waals surface area contributed by atoms with Crippen molar-refractivity contribution in [2.75, 3.05) is 25.1 Å². The smallest absolute Gasteiger partial charge is 0.417 e. The number of carbonyl (C=O) groups excluding carboxylic acids is 2. The van der Waals surface area contributed by atoms with Gasteiger partial charge in [-0.15, -0.1) is 0 Å². The number of nitrogens with one attached hydrogen (secondary N) is 2. The molecule has 0 bridgehead atoms. The van der Waals surface area contributed by atoms with E-state index in [0.29, 0.717) is 0 Å². The van der Waals surface area contributed by atoms with E-state index in [1.807, 2.05) is 24.3 Å². The number of alkyl halides is 3. The Kier molecular flexibility index (Phi) is 5.53. The Balaban J connectivity index is 1.52. The molecule has 3 aromatic rings. The lowest BCUT2D eigenvalue weighted by atomic mass is 9.97. The fraction of sp³-hybridized carbons (Fsp3) is 0.318. The summed E-state index contributed by atoms with van der Waals surface area (Å²) in [5.41, 5.74) is -0.376. The molecule has 1 amide bonds. The average molecular weight is 446 g/mol. The topological polar surface area (TPSA) is 87.3 Å². The number of nitrogens with zero attached hydrogens (tertiary/aromatic N) is 2. The molecule has 7 nitrogen and oxygen atoms in total. The van der Waals surface area contributed by atoms with Crippen LogP contribution in [0.2, 0.25) is 0 Å². The van der Waals surface area contributed by atoms with Crippen molar-refractivity contribution in [2.24, 2.45) is 0 Å². The van der Waals surface area contributed by atoms with Gasteiger partial charge in [-0.25, -0.2) is 4.79 Å². The maximum atomic E-state index is 13.1. The molecule has 4 rings (SSSR count). The quantitative estimate of drug-likeness (QED) is 0.589. The van der Waals surface area contributed by atoms with E-state index in [1.54, 1.807) is 11.1 Å². The third-order valence-electron chi connectivity index (χ3n) is 5.62. The average Bonchev–Trinajstić information content (AvgIpc) is 3.40. The molecule has 3 heterocycles. The van der Waals surface area contributed by atoms with E-state index in [2.05, 4.69) is 15.3 Å². The summed E-state index contributed by atoms with van der Waals surface area (Å²) in [7, 11) is 1.21. The second kappa shape index (κ2) is 8.18. The number of hydrogen-bond acceptors (Lipinski definition) is 5. The number of benzene rings is 1. The van der Waals surface area contributed by atoms with Crippen molar-refractivity contribution in [3.05, 3.63) is 60.0 Å². The number of fused-ring (bicyclic) bond motifs is 1. The van der Waals surface area contributed by atoms with E-state index in [1.165, 1.54) is 13.3 Å². The van der Waals surface area contributed by atoms with Gasteiger partial charge in [0.25, 0.3) is 0 Å². The first-order valence-electron chi connectivity index (χ1n) is 9.93. The van der Waals surface area contributed by atoms with Crippen molar-refractivity contribution in [3.63, 3.8) is 0 Å². The second-order valence-corrected chi connectivity index (χ2v) is 7.80. The van der Waals surface area contributed by atoms with Gasteiger partial charge >= 0.3 is 12.1 Å². The number of hydrogen-bond donors (Lipinski definition) is 2. The summed E-state index contributed by atoms with van der Waals surface area (Å²) in [6, 6.07) is 8.47. The highest BCUT2D eigenvalue weighted by atomic mass is 19.4.